The molecule has 19 heavy (non-hydrogen) atoms. The van der Waals surface area contributed by atoms with Crippen LogP contribution in [0.4, 0.5) is 0 Å². The molecular formula is C15H24O4. The molecule has 0 aliphatic heterocycles. The van der Waals surface area contributed by atoms with Crippen LogP contribution < -0.4 is 0 Å². The Hall–Kier alpha value is -1.58. The van der Waals surface area contributed by atoms with Gasteiger partial charge in [0.1, 0.15) is 0 Å². The van der Waals surface area contributed by atoms with E-state index in [0.29, 0.717) is 0 Å². The van der Waals surface area contributed by atoms with Gasteiger partial charge in [0.15, 0.2) is 0 Å². The highest BCUT2D eigenvalue weighted by Crippen LogP contribution is 2.10. The highest BCUT2D eigenvalue weighted by atomic mass is 16.4. The van der Waals surface area contributed by atoms with E-state index in [1.807, 2.05) is 0 Å². The Bertz CT molecular complexity index is 275. The molecule has 0 aliphatic carbocycles. The van der Waals surface area contributed by atoms with Gasteiger partial charge in [-0.2, -0.15) is 0 Å². The Morgan fingerprint density at radius 2 is 0.947 bits per heavy atom. The van der Waals surface area contributed by atoms with Gasteiger partial charge in [0.05, 0.1) is 0 Å². The molecule has 0 aromatic rings. The van der Waals surface area contributed by atoms with E-state index < -0.39 is 11.9 Å². The molecule has 0 saturated heterocycles. The lowest BCUT2D eigenvalue weighted by Crippen LogP contribution is -1.86. The minimum absolute atomic E-state index is 0.840. The van der Waals surface area contributed by atoms with E-state index in [9.17, 15) is 9.59 Å². The van der Waals surface area contributed by atoms with Crippen LogP contribution in [0.15, 0.2) is 24.3 Å². The minimum Gasteiger partial charge on any atom is -0.478 e. The van der Waals surface area contributed by atoms with Crippen molar-refractivity contribution in [3.05, 3.63) is 24.3 Å². The Morgan fingerprint density at radius 3 is 1.26 bits per heavy atom. The van der Waals surface area contributed by atoms with Gasteiger partial charge in [-0.1, -0.05) is 44.3 Å². The maximum absolute atomic E-state index is 10.2. The summed E-state index contributed by atoms with van der Waals surface area (Å²) in [6, 6.07) is 0. The van der Waals surface area contributed by atoms with Gasteiger partial charge in [0.2, 0.25) is 0 Å². The number of hydrogen-bond donors (Lipinski definition) is 2. The highest BCUT2D eigenvalue weighted by molar-refractivity contribution is 5.79. The van der Waals surface area contributed by atoms with E-state index >= 15 is 0 Å². The summed E-state index contributed by atoms with van der Waals surface area (Å²) in [5.41, 5.74) is 0. The molecule has 108 valence electrons. The summed E-state index contributed by atoms with van der Waals surface area (Å²) < 4.78 is 0. The van der Waals surface area contributed by atoms with Crippen molar-refractivity contribution in [1.29, 1.82) is 0 Å². The molecule has 0 bridgehead atoms. The third-order valence-corrected chi connectivity index (χ3v) is 2.76. The predicted octanol–water partition coefficient (Wildman–Crippen LogP) is 3.78. The summed E-state index contributed by atoms with van der Waals surface area (Å²) in [6.07, 6.45) is 15.4. The number of hydrogen-bond acceptors (Lipinski definition) is 2. The Morgan fingerprint density at radius 1 is 0.632 bits per heavy atom. The van der Waals surface area contributed by atoms with Crippen LogP contribution in [0.1, 0.15) is 57.8 Å². The summed E-state index contributed by atoms with van der Waals surface area (Å²) in [7, 11) is 0. The average molecular weight is 268 g/mol. The van der Waals surface area contributed by atoms with Gasteiger partial charge in [-0.3, -0.25) is 0 Å². The normalized spacial score (nSPS) is 11.4. The molecule has 0 aromatic heterocycles. The summed E-state index contributed by atoms with van der Waals surface area (Å²) in [5, 5.41) is 16.8. The second-order valence-electron chi connectivity index (χ2n) is 4.53. The molecule has 0 aliphatic rings. The lowest BCUT2D eigenvalue weighted by molar-refractivity contribution is -0.132. The number of carbonyl (C=O) groups is 2. The molecule has 4 heteroatoms. The molecule has 0 saturated carbocycles. The first kappa shape index (κ1) is 17.4. The molecule has 0 rings (SSSR count). The van der Waals surface area contributed by atoms with Crippen molar-refractivity contribution in [3.8, 4) is 0 Å². The SMILES string of the molecule is O=C(O)C=CCCCCCCCCCC=CC(=O)O. The Kier molecular flexibility index (Phi) is 11.8. The van der Waals surface area contributed by atoms with Gasteiger partial charge >= 0.3 is 11.9 Å². The molecule has 0 atom stereocenters. The van der Waals surface area contributed by atoms with Crippen molar-refractivity contribution in [1.82, 2.24) is 0 Å². The van der Waals surface area contributed by atoms with Crippen molar-refractivity contribution in [2.24, 2.45) is 0 Å². The van der Waals surface area contributed by atoms with Gasteiger partial charge in [0.25, 0.3) is 0 Å². The molecule has 0 amide bonds. The third-order valence-electron chi connectivity index (χ3n) is 2.76. The lowest BCUT2D eigenvalue weighted by atomic mass is 10.1. The first-order chi connectivity index (χ1) is 9.13. The summed E-state index contributed by atoms with van der Waals surface area (Å²) >= 11 is 0. The number of rotatable bonds is 12. The molecular weight excluding hydrogens is 244 g/mol. The van der Waals surface area contributed by atoms with Crippen molar-refractivity contribution < 1.29 is 19.8 Å². The fourth-order valence-electron chi connectivity index (χ4n) is 1.78. The molecule has 0 unspecified atom stereocenters. The zero-order valence-electron chi connectivity index (χ0n) is 11.4. The Labute approximate surface area is 114 Å². The lowest BCUT2D eigenvalue weighted by Gasteiger charge is -1.99. The van der Waals surface area contributed by atoms with E-state index in [1.165, 1.54) is 31.4 Å². The van der Waals surface area contributed by atoms with Crippen molar-refractivity contribution >= 4 is 11.9 Å². The third kappa shape index (κ3) is 16.4. The van der Waals surface area contributed by atoms with Crippen LogP contribution in [0.2, 0.25) is 0 Å². The molecule has 0 radical (unpaired) electrons. The van der Waals surface area contributed by atoms with Crippen molar-refractivity contribution in [2.75, 3.05) is 0 Å². The second-order valence-corrected chi connectivity index (χ2v) is 4.53. The van der Waals surface area contributed by atoms with Crippen LogP contribution in [-0.4, -0.2) is 22.2 Å². The standard InChI is InChI=1S/C15H24O4/c16-14(17)12-10-8-6-4-2-1-3-5-7-9-11-13-15(18)19/h10-13H,1-9H2,(H,16,17)(H,18,19). The van der Waals surface area contributed by atoms with Gasteiger partial charge in [-0.05, 0) is 25.7 Å². The second kappa shape index (κ2) is 12.9. The molecule has 0 spiro atoms. The average Bonchev–Trinajstić information content (AvgIpc) is 2.34. The monoisotopic (exact) mass is 268 g/mol. The predicted molar refractivity (Wildman–Crippen MR) is 75.1 cm³/mol. The largest absolute Gasteiger partial charge is 0.478 e. The summed E-state index contributed by atoms with van der Waals surface area (Å²) in [5.74, 6) is -1.76. The summed E-state index contributed by atoms with van der Waals surface area (Å²) in [4.78, 5) is 20.4. The maximum atomic E-state index is 10.2. The smallest absolute Gasteiger partial charge is 0.327 e. The zero-order chi connectivity index (χ0) is 14.3. The van der Waals surface area contributed by atoms with Crippen LogP contribution in [-0.2, 0) is 9.59 Å². The van der Waals surface area contributed by atoms with Gasteiger partial charge in [0, 0.05) is 12.2 Å². The molecule has 2 N–H and O–H groups in total. The van der Waals surface area contributed by atoms with E-state index in [-0.39, 0.29) is 0 Å². The quantitative estimate of drug-likeness (QED) is 0.417. The van der Waals surface area contributed by atoms with Crippen molar-refractivity contribution in [3.63, 3.8) is 0 Å². The number of allylic oxidation sites excluding steroid dienone is 2. The molecule has 0 heterocycles. The van der Waals surface area contributed by atoms with Gasteiger partial charge < -0.3 is 10.2 Å². The fraction of sp³-hybridized carbons (Fsp3) is 0.600. The van der Waals surface area contributed by atoms with Gasteiger partial charge in [-0.25, -0.2) is 9.59 Å². The molecule has 0 aromatic carbocycles. The Balaban J connectivity index is 3.15. The zero-order valence-corrected chi connectivity index (χ0v) is 11.4. The van der Waals surface area contributed by atoms with E-state index in [2.05, 4.69) is 0 Å². The van der Waals surface area contributed by atoms with E-state index in [0.717, 1.165) is 38.5 Å². The maximum Gasteiger partial charge on any atom is 0.327 e. The first-order valence-electron chi connectivity index (χ1n) is 6.92. The van der Waals surface area contributed by atoms with Crippen molar-refractivity contribution in [2.45, 2.75) is 57.8 Å². The van der Waals surface area contributed by atoms with Crippen LogP contribution in [0.3, 0.4) is 0 Å². The number of aliphatic carboxylic acids is 2. The number of carboxylic acid groups (broad SMARTS) is 2. The molecule has 0 fully saturated rings. The first-order valence-corrected chi connectivity index (χ1v) is 6.92. The minimum atomic E-state index is -0.878. The topological polar surface area (TPSA) is 74.6 Å². The fourth-order valence-corrected chi connectivity index (χ4v) is 1.78. The van der Waals surface area contributed by atoms with Crippen LogP contribution >= 0.6 is 0 Å². The van der Waals surface area contributed by atoms with E-state index in [1.54, 1.807) is 12.2 Å². The van der Waals surface area contributed by atoms with Gasteiger partial charge in [-0.15, -0.1) is 0 Å². The van der Waals surface area contributed by atoms with E-state index in [4.69, 9.17) is 10.2 Å². The summed E-state index contributed by atoms with van der Waals surface area (Å²) in [6.45, 7) is 0. The highest BCUT2D eigenvalue weighted by Gasteiger charge is 1.92. The van der Waals surface area contributed by atoms with Crippen LogP contribution in [0.25, 0.3) is 0 Å². The number of carboxylic acids is 2. The molecule has 4 nitrogen and oxygen atoms in total. The number of unbranched alkanes of at least 4 members (excludes halogenated alkanes) is 8. The van der Waals surface area contributed by atoms with Crippen LogP contribution in [0, 0.1) is 0 Å². The van der Waals surface area contributed by atoms with Crippen LogP contribution in [0.5, 0.6) is 0 Å².